The summed E-state index contributed by atoms with van der Waals surface area (Å²) in [7, 11) is -0.798. The van der Waals surface area contributed by atoms with Gasteiger partial charge in [0.25, 0.3) is 5.56 Å². The van der Waals surface area contributed by atoms with E-state index in [-0.39, 0.29) is 23.8 Å². The smallest absolute Gasteiger partial charge is 0.252 e. The van der Waals surface area contributed by atoms with E-state index in [0.717, 1.165) is 18.9 Å². The van der Waals surface area contributed by atoms with E-state index in [2.05, 4.69) is 15.3 Å². The number of aromatic nitrogens is 3. The van der Waals surface area contributed by atoms with Gasteiger partial charge >= 0.3 is 0 Å². The number of thiazole rings is 1. The van der Waals surface area contributed by atoms with Crippen molar-refractivity contribution in [1.82, 2.24) is 14.5 Å². The minimum Gasteiger partial charge on any atom is -0.481 e. The first-order chi connectivity index (χ1) is 18.6. The molecule has 4 rings (SSSR count). The zero-order valence-corrected chi connectivity index (χ0v) is 24.1. The average molecular weight is 579 g/mol. The van der Waals surface area contributed by atoms with Gasteiger partial charge in [0, 0.05) is 45.3 Å². The molecule has 0 spiro atoms. The molecule has 0 saturated carbocycles. The summed E-state index contributed by atoms with van der Waals surface area (Å²) in [5.41, 5.74) is 0.0430. The van der Waals surface area contributed by atoms with Gasteiger partial charge in [0.2, 0.25) is 11.8 Å². The van der Waals surface area contributed by atoms with Crippen molar-refractivity contribution >= 4 is 42.6 Å². The van der Waals surface area contributed by atoms with Gasteiger partial charge < -0.3 is 24.1 Å². The summed E-state index contributed by atoms with van der Waals surface area (Å²) >= 11 is 1.20. The van der Waals surface area contributed by atoms with Gasteiger partial charge in [-0.1, -0.05) is 11.3 Å². The topological polar surface area (TPSA) is 139 Å². The molecule has 0 aliphatic carbocycles. The van der Waals surface area contributed by atoms with Gasteiger partial charge in [0.15, 0.2) is 15.0 Å². The Morgan fingerprint density at radius 1 is 1.23 bits per heavy atom. The van der Waals surface area contributed by atoms with Gasteiger partial charge in [0.05, 0.1) is 16.8 Å². The highest BCUT2D eigenvalue weighted by Crippen LogP contribution is 2.31. The Balaban J connectivity index is 1.64. The molecular weight excluding hydrogens is 544 g/mol. The van der Waals surface area contributed by atoms with E-state index in [1.807, 2.05) is 0 Å². The minimum absolute atomic E-state index is 0.0822. The third-order valence-electron chi connectivity index (χ3n) is 7.07. The molecule has 1 aliphatic heterocycles. The summed E-state index contributed by atoms with van der Waals surface area (Å²) in [5, 5.41) is 3.19. The standard InChI is InChI=1S/C26H34N4O7S2/c1-26(2,10-14-35-3)39(33,34)18-7-11-30(22(31)16-18)20(15-17-8-12-37-13-9-17)23(32)29-25-27-19-5-6-21(36-4)28-24(19)38-25/h5-7,11,16-17,20H,8-10,12-15H2,1-4H3,(H,27,29,32). The Hall–Kier alpha value is -2.87. The number of anilines is 1. The molecular formula is C26H34N4O7S2. The summed E-state index contributed by atoms with van der Waals surface area (Å²) in [5.74, 6) is 0.193. The quantitative estimate of drug-likeness (QED) is 0.362. The zero-order chi connectivity index (χ0) is 28.2. The number of fused-ring (bicyclic) bond motifs is 1. The molecule has 0 radical (unpaired) electrons. The average Bonchev–Trinajstić information content (AvgIpc) is 3.32. The van der Waals surface area contributed by atoms with E-state index in [0.29, 0.717) is 41.0 Å². The molecule has 1 fully saturated rings. The molecule has 1 unspecified atom stereocenters. The van der Waals surface area contributed by atoms with Crippen molar-refractivity contribution in [2.45, 2.75) is 55.2 Å². The van der Waals surface area contributed by atoms with Crippen LogP contribution in [0.5, 0.6) is 5.88 Å². The fraction of sp³-hybridized carbons (Fsp3) is 0.538. The lowest BCUT2D eigenvalue weighted by molar-refractivity contribution is -0.120. The van der Waals surface area contributed by atoms with Crippen molar-refractivity contribution in [2.24, 2.45) is 5.92 Å². The predicted molar refractivity (Wildman–Crippen MR) is 148 cm³/mol. The van der Waals surface area contributed by atoms with Crippen molar-refractivity contribution in [3.8, 4) is 5.88 Å². The normalized spacial score (nSPS) is 15.8. The van der Waals surface area contributed by atoms with E-state index in [9.17, 15) is 18.0 Å². The lowest BCUT2D eigenvalue weighted by atomic mass is 9.92. The molecule has 11 nitrogen and oxygen atoms in total. The van der Waals surface area contributed by atoms with Crippen LogP contribution in [0.15, 0.2) is 40.2 Å². The molecule has 4 heterocycles. The fourth-order valence-electron chi connectivity index (χ4n) is 4.50. The maximum absolute atomic E-state index is 13.6. The van der Waals surface area contributed by atoms with Crippen molar-refractivity contribution < 1.29 is 27.4 Å². The summed E-state index contributed by atoms with van der Waals surface area (Å²) in [6, 6.07) is 5.07. The number of nitrogens with one attached hydrogen (secondary N) is 1. The third-order valence-corrected chi connectivity index (χ3v) is 10.5. The molecule has 0 aromatic carbocycles. The van der Waals surface area contributed by atoms with Crippen LogP contribution in [0.1, 0.15) is 45.6 Å². The maximum atomic E-state index is 13.6. The first-order valence-corrected chi connectivity index (χ1v) is 15.0. The van der Waals surface area contributed by atoms with Crippen LogP contribution in [-0.2, 0) is 24.1 Å². The van der Waals surface area contributed by atoms with Crippen molar-refractivity contribution in [3.63, 3.8) is 0 Å². The van der Waals surface area contributed by atoms with E-state index >= 15 is 0 Å². The van der Waals surface area contributed by atoms with E-state index < -0.39 is 32.1 Å². The second-order valence-electron chi connectivity index (χ2n) is 10.1. The van der Waals surface area contributed by atoms with Crippen molar-refractivity contribution in [1.29, 1.82) is 0 Å². The third kappa shape index (κ3) is 6.48. The highest BCUT2D eigenvalue weighted by atomic mass is 32.2. The number of ether oxygens (including phenoxy) is 3. The number of hydrogen-bond donors (Lipinski definition) is 1. The van der Waals surface area contributed by atoms with Crippen LogP contribution >= 0.6 is 11.3 Å². The first-order valence-electron chi connectivity index (χ1n) is 12.7. The molecule has 1 N–H and O–H groups in total. The van der Waals surface area contributed by atoms with Crippen LogP contribution in [0.3, 0.4) is 0 Å². The van der Waals surface area contributed by atoms with Crippen LogP contribution in [0.4, 0.5) is 5.13 Å². The molecule has 39 heavy (non-hydrogen) atoms. The number of carbonyl (C=O) groups is 1. The zero-order valence-electron chi connectivity index (χ0n) is 22.5. The fourth-order valence-corrected chi connectivity index (χ4v) is 6.82. The monoisotopic (exact) mass is 578 g/mol. The Morgan fingerprint density at radius 2 is 1.97 bits per heavy atom. The molecule has 0 bridgehead atoms. The van der Waals surface area contributed by atoms with Gasteiger partial charge in [-0.3, -0.25) is 9.59 Å². The van der Waals surface area contributed by atoms with E-state index in [1.54, 1.807) is 26.0 Å². The molecule has 1 amide bonds. The highest BCUT2D eigenvalue weighted by Gasteiger charge is 2.36. The molecule has 1 saturated heterocycles. The number of amides is 1. The summed E-state index contributed by atoms with van der Waals surface area (Å²) in [4.78, 5) is 36.2. The van der Waals surface area contributed by atoms with Crippen LogP contribution in [0, 0.1) is 5.92 Å². The van der Waals surface area contributed by atoms with E-state index in [4.69, 9.17) is 14.2 Å². The van der Waals surface area contributed by atoms with Crippen molar-refractivity contribution in [2.75, 3.05) is 39.4 Å². The lowest BCUT2D eigenvalue weighted by Gasteiger charge is -2.28. The van der Waals surface area contributed by atoms with Crippen LogP contribution < -0.4 is 15.6 Å². The Bertz CT molecular complexity index is 1480. The largest absolute Gasteiger partial charge is 0.481 e. The van der Waals surface area contributed by atoms with Gasteiger partial charge in [0.1, 0.15) is 16.4 Å². The van der Waals surface area contributed by atoms with E-state index in [1.165, 1.54) is 42.4 Å². The highest BCUT2D eigenvalue weighted by molar-refractivity contribution is 7.92. The number of carbonyl (C=O) groups excluding carboxylic acids is 1. The van der Waals surface area contributed by atoms with Crippen LogP contribution in [0.25, 0.3) is 10.3 Å². The molecule has 1 aliphatic rings. The Morgan fingerprint density at radius 3 is 2.64 bits per heavy atom. The number of hydrogen-bond acceptors (Lipinski definition) is 10. The number of nitrogens with zero attached hydrogens (tertiary/aromatic N) is 3. The SMILES string of the molecule is COCCC(C)(C)S(=O)(=O)c1ccn(C(CC2CCOCC2)C(=O)Nc2nc3ccc(OC)nc3s2)c(=O)c1. The summed E-state index contributed by atoms with van der Waals surface area (Å²) in [6.45, 7) is 4.66. The van der Waals surface area contributed by atoms with Gasteiger partial charge in [-0.2, -0.15) is 0 Å². The number of sulfone groups is 1. The van der Waals surface area contributed by atoms with Gasteiger partial charge in [-0.25, -0.2) is 18.4 Å². The Labute approximate surface area is 231 Å². The lowest BCUT2D eigenvalue weighted by Crippen LogP contribution is -2.37. The number of methoxy groups -OCH3 is 2. The van der Waals surface area contributed by atoms with Gasteiger partial charge in [-0.15, -0.1) is 0 Å². The molecule has 212 valence electrons. The Kier molecular flexibility index (Phi) is 9.04. The molecule has 13 heteroatoms. The number of pyridine rings is 2. The van der Waals surface area contributed by atoms with Gasteiger partial charge in [-0.05, 0) is 57.6 Å². The van der Waals surface area contributed by atoms with Crippen LogP contribution in [-0.4, -0.2) is 67.6 Å². The first kappa shape index (κ1) is 29.1. The second-order valence-corrected chi connectivity index (χ2v) is 13.7. The second kappa shape index (κ2) is 12.1. The molecule has 3 aromatic rings. The van der Waals surface area contributed by atoms with Crippen molar-refractivity contribution in [3.05, 3.63) is 40.8 Å². The number of rotatable bonds is 11. The molecule has 3 aromatic heterocycles. The summed E-state index contributed by atoms with van der Waals surface area (Å²) < 4.78 is 42.5. The molecule has 1 atom stereocenters. The predicted octanol–water partition coefficient (Wildman–Crippen LogP) is 3.45. The maximum Gasteiger partial charge on any atom is 0.252 e. The van der Waals surface area contributed by atoms with Crippen LogP contribution in [0.2, 0.25) is 0 Å². The summed E-state index contributed by atoms with van der Waals surface area (Å²) in [6.07, 6.45) is 3.60. The minimum atomic E-state index is -3.83.